The Bertz CT molecular complexity index is 786. The Morgan fingerprint density at radius 1 is 1.46 bits per heavy atom. The molecule has 1 heterocycles. The predicted molar refractivity (Wildman–Crippen MR) is 114 cm³/mol. The van der Waals surface area contributed by atoms with E-state index in [-0.39, 0.29) is 29.8 Å². The number of carbonyl (C=O) groups excluding carboxylic acids is 1. The molecule has 8 heteroatoms. The number of anilines is 1. The van der Waals surface area contributed by atoms with Crippen molar-refractivity contribution in [2.45, 2.75) is 64.4 Å². The molecule has 2 rings (SSSR count). The average molecular weight is 424 g/mol. The van der Waals surface area contributed by atoms with Crippen LogP contribution in [0.1, 0.15) is 38.3 Å². The van der Waals surface area contributed by atoms with Crippen LogP contribution in [0.5, 0.6) is 0 Å². The van der Waals surface area contributed by atoms with E-state index in [1.54, 1.807) is 24.0 Å². The molecule has 0 radical (unpaired) electrons. The second kappa shape index (κ2) is 8.42. The zero-order chi connectivity index (χ0) is 21.3. The average Bonchev–Trinajstić information content (AvgIpc) is 3.00. The van der Waals surface area contributed by atoms with Gasteiger partial charge in [0, 0.05) is 12.2 Å². The topological polar surface area (TPSA) is 85.6 Å². The fraction of sp³-hybridized carbons (Fsp3) is 0.600. The number of nitrogens with one attached hydrogen (secondary N) is 1. The van der Waals surface area contributed by atoms with Crippen LogP contribution in [0.3, 0.4) is 0 Å². The Kier molecular flexibility index (Phi) is 6.82. The van der Waals surface area contributed by atoms with Crippen molar-refractivity contribution in [1.29, 1.82) is 5.26 Å². The van der Waals surface area contributed by atoms with E-state index in [0.29, 0.717) is 34.8 Å². The molecule has 2 amide bonds. The normalized spacial score (nSPS) is 20.2. The number of rotatable bonds is 4. The van der Waals surface area contributed by atoms with E-state index >= 15 is 0 Å². The lowest BCUT2D eigenvalue weighted by molar-refractivity contribution is 0.0908. The maximum Gasteiger partial charge on any atom is 0.322 e. The Labute approximate surface area is 173 Å². The van der Waals surface area contributed by atoms with Gasteiger partial charge in [0.15, 0.2) is 8.32 Å². The minimum Gasteiger partial charge on any atom is -0.412 e. The van der Waals surface area contributed by atoms with Crippen LogP contribution < -0.4 is 5.32 Å². The molecule has 154 valence electrons. The van der Waals surface area contributed by atoms with Gasteiger partial charge in [-0.25, -0.2) is 4.79 Å². The van der Waals surface area contributed by atoms with Gasteiger partial charge in [-0.2, -0.15) is 5.26 Å². The van der Waals surface area contributed by atoms with Crippen LogP contribution in [-0.4, -0.2) is 49.7 Å². The van der Waals surface area contributed by atoms with Crippen LogP contribution in [0.15, 0.2) is 12.1 Å². The molecule has 2 N–H and O–H groups in total. The number of aliphatic hydroxyl groups excluding tert-OH is 1. The number of likely N-dealkylation sites (tertiary alicyclic amines) is 1. The standard InChI is InChI=1S/C20H30ClN3O3Si/c1-13-15(8-7-14(11-22)18(13)21)23-19(26)24-10-9-17(16(24)12-25)27-28(5,6)20(2,3)4/h7-8,16-17,25H,9-10,12H2,1-6H3,(H,23,26). The van der Waals surface area contributed by atoms with Crippen molar-refractivity contribution >= 4 is 31.6 Å². The lowest BCUT2D eigenvalue weighted by Gasteiger charge is -2.40. The van der Waals surface area contributed by atoms with Crippen molar-refractivity contribution in [2.24, 2.45) is 0 Å². The first-order chi connectivity index (χ1) is 12.9. The lowest BCUT2D eigenvalue weighted by Crippen LogP contribution is -2.50. The highest BCUT2D eigenvalue weighted by Gasteiger charge is 2.45. The number of halogens is 1. The first-order valence-electron chi connectivity index (χ1n) is 9.48. The summed E-state index contributed by atoms with van der Waals surface area (Å²) in [5.74, 6) is 0. The molecular formula is C20H30ClN3O3Si. The van der Waals surface area contributed by atoms with Crippen molar-refractivity contribution in [2.75, 3.05) is 18.5 Å². The molecule has 1 aromatic rings. The molecule has 2 unspecified atom stereocenters. The van der Waals surface area contributed by atoms with E-state index in [2.05, 4.69) is 39.2 Å². The number of hydrogen-bond donors (Lipinski definition) is 2. The molecule has 6 nitrogen and oxygen atoms in total. The van der Waals surface area contributed by atoms with Gasteiger partial charge in [-0.05, 0) is 49.2 Å². The molecule has 0 saturated carbocycles. The van der Waals surface area contributed by atoms with E-state index < -0.39 is 8.32 Å². The summed E-state index contributed by atoms with van der Waals surface area (Å²) in [6.45, 7) is 13.0. The summed E-state index contributed by atoms with van der Waals surface area (Å²) >= 11 is 6.19. The zero-order valence-corrected chi connectivity index (χ0v) is 19.2. The van der Waals surface area contributed by atoms with E-state index in [1.165, 1.54) is 0 Å². The SMILES string of the molecule is Cc1c(NC(=O)N2CCC(O[Si](C)(C)C(C)(C)C)C2CO)ccc(C#N)c1Cl. The quantitative estimate of drug-likeness (QED) is 0.697. The van der Waals surface area contributed by atoms with Crippen molar-refractivity contribution in [3.8, 4) is 6.07 Å². The first kappa shape index (κ1) is 22.7. The highest BCUT2D eigenvalue weighted by molar-refractivity contribution is 6.74. The molecule has 2 atom stereocenters. The van der Waals surface area contributed by atoms with E-state index in [0.717, 1.165) is 0 Å². The van der Waals surface area contributed by atoms with Gasteiger partial charge in [-0.1, -0.05) is 32.4 Å². The molecule has 1 aromatic carbocycles. The smallest absolute Gasteiger partial charge is 0.322 e. The first-order valence-corrected chi connectivity index (χ1v) is 12.8. The summed E-state index contributed by atoms with van der Waals surface area (Å²) in [6, 6.07) is 4.60. The third-order valence-corrected chi connectivity index (χ3v) is 10.9. The Hall–Kier alpha value is -1.59. The van der Waals surface area contributed by atoms with Gasteiger partial charge in [0.05, 0.1) is 29.3 Å². The van der Waals surface area contributed by atoms with Gasteiger partial charge in [0.2, 0.25) is 0 Å². The number of nitrogens with zero attached hydrogens (tertiary/aromatic N) is 2. The number of carbonyl (C=O) groups is 1. The van der Waals surface area contributed by atoms with Crippen LogP contribution in [-0.2, 0) is 4.43 Å². The summed E-state index contributed by atoms with van der Waals surface area (Å²) in [5.41, 5.74) is 1.57. The van der Waals surface area contributed by atoms with Crippen LogP contribution in [0.4, 0.5) is 10.5 Å². The van der Waals surface area contributed by atoms with Crippen molar-refractivity contribution in [3.63, 3.8) is 0 Å². The van der Waals surface area contributed by atoms with Gasteiger partial charge in [-0.3, -0.25) is 0 Å². The summed E-state index contributed by atoms with van der Waals surface area (Å²) in [5, 5.41) is 22.3. The van der Waals surface area contributed by atoms with Gasteiger partial charge >= 0.3 is 6.03 Å². The number of urea groups is 1. The summed E-state index contributed by atoms with van der Waals surface area (Å²) < 4.78 is 6.47. The van der Waals surface area contributed by atoms with Crippen LogP contribution in [0.25, 0.3) is 0 Å². The Morgan fingerprint density at radius 2 is 2.11 bits per heavy atom. The molecule has 1 saturated heterocycles. The van der Waals surface area contributed by atoms with Crippen molar-refractivity contribution in [1.82, 2.24) is 4.90 Å². The molecule has 1 aliphatic heterocycles. The Balaban J connectivity index is 2.15. The molecule has 28 heavy (non-hydrogen) atoms. The minimum absolute atomic E-state index is 0.0546. The zero-order valence-electron chi connectivity index (χ0n) is 17.5. The number of benzene rings is 1. The highest BCUT2D eigenvalue weighted by Crippen LogP contribution is 2.39. The van der Waals surface area contributed by atoms with Crippen molar-refractivity contribution < 1.29 is 14.3 Å². The molecule has 0 aliphatic carbocycles. The third kappa shape index (κ3) is 4.52. The molecule has 1 aliphatic rings. The van der Waals surface area contributed by atoms with Gasteiger partial charge in [0.25, 0.3) is 0 Å². The maximum absolute atomic E-state index is 12.9. The molecule has 0 aromatic heterocycles. The van der Waals surface area contributed by atoms with Crippen LogP contribution in [0, 0.1) is 18.3 Å². The van der Waals surface area contributed by atoms with Crippen LogP contribution >= 0.6 is 11.6 Å². The van der Waals surface area contributed by atoms with Gasteiger partial charge in [-0.15, -0.1) is 0 Å². The summed E-state index contributed by atoms with van der Waals surface area (Å²) in [6.07, 6.45) is 0.514. The molecule has 1 fully saturated rings. The third-order valence-electron chi connectivity index (χ3n) is 5.93. The fourth-order valence-corrected chi connectivity index (χ4v) is 4.67. The molecular weight excluding hydrogens is 394 g/mol. The van der Waals surface area contributed by atoms with Gasteiger partial charge < -0.3 is 19.7 Å². The summed E-state index contributed by atoms with van der Waals surface area (Å²) in [4.78, 5) is 14.5. The van der Waals surface area contributed by atoms with E-state index in [9.17, 15) is 9.90 Å². The summed E-state index contributed by atoms with van der Waals surface area (Å²) in [7, 11) is -2.01. The minimum atomic E-state index is -2.01. The molecule has 0 bridgehead atoms. The lowest BCUT2D eigenvalue weighted by atomic mass is 10.1. The second-order valence-corrected chi connectivity index (χ2v) is 13.9. The predicted octanol–water partition coefficient (Wildman–Crippen LogP) is 4.51. The number of hydrogen-bond acceptors (Lipinski definition) is 4. The molecule has 0 spiro atoms. The second-order valence-electron chi connectivity index (χ2n) is 8.79. The largest absolute Gasteiger partial charge is 0.412 e. The maximum atomic E-state index is 12.9. The van der Waals surface area contributed by atoms with E-state index in [4.69, 9.17) is 21.3 Å². The highest BCUT2D eigenvalue weighted by atomic mass is 35.5. The number of nitriles is 1. The van der Waals surface area contributed by atoms with Gasteiger partial charge in [0.1, 0.15) is 6.07 Å². The Morgan fingerprint density at radius 3 is 2.64 bits per heavy atom. The monoisotopic (exact) mass is 423 g/mol. The fourth-order valence-electron chi connectivity index (χ4n) is 3.08. The number of aliphatic hydroxyl groups is 1. The van der Waals surface area contributed by atoms with Crippen molar-refractivity contribution in [3.05, 3.63) is 28.3 Å². The van der Waals surface area contributed by atoms with E-state index in [1.807, 2.05) is 6.07 Å². The number of amides is 2. The van der Waals surface area contributed by atoms with Crippen LogP contribution in [0.2, 0.25) is 23.2 Å².